The molecule has 4 heterocycles. The number of nitrogens with zero attached hydrogens (tertiary/aromatic N) is 7. The van der Waals surface area contributed by atoms with E-state index in [1.807, 2.05) is 69.3 Å². The molecule has 154 valence electrons. The van der Waals surface area contributed by atoms with Crippen molar-refractivity contribution in [3.63, 3.8) is 0 Å². The minimum Gasteiger partial charge on any atom is -0.288 e. The molecule has 1 amide bonds. The molecule has 0 aliphatic carbocycles. The van der Waals surface area contributed by atoms with Gasteiger partial charge >= 0.3 is 0 Å². The second-order valence-electron chi connectivity index (χ2n) is 7.86. The van der Waals surface area contributed by atoms with Crippen molar-refractivity contribution in [2.24, 2.45) is 0 Å². The molecule has 1 aromatic carbocycles. The number of anilines is 1. The van der Waals surface area contributed by atoms with Crippen molar-refractivity contribution in [3.8, 4) is 16.9 Å². The average molecular weight is 411 g/mol. The van der Waals surface area contributed by atoms with Gasteiger partial charge < -0.3 is 0 Å². The number of aromatic nitrogens is 6. The van der Waals surface area contributed by atoms with E-state index < -0.39 is 0 Å². The molecule has 1 aliphatic rings. The predicted octanol–water partition coefficient (Wildman–Crippen LogP) is 3.71. The van der Waals surface area contributed by atoms with Gasteiger partial charge in [-0.3, -0.25) is 14.7 Å². The third-order valence-corrected chi connectivity index (χ3v) is 5.46. The normalized spacial score (nSPS) is 13.2. The number of carbonyl (C=O) groups is 1. The Morgan fingerprint density at radius 2 is 1.84 bits per heavy atom. The maximum atomic E-state index is 13.3. The molecule has 8 heteroatoms. The first-order valence-electron chi connectivity index (χ1n) is 10.2. The van der Waals surface area contributed by atoms with E-state index in [4.69, 9.17) is 0 Å². The Hall–Kier alpha value is -3.94. The molecule has 31 heavy (non-hydrogen) atoms. The molecule has 0 fully saturated rings. The van der Waals surface area contributed by atoms with Gasteiger partial charge in [-0.1, -0.05) is 38.1 Å². The van der Waals surface area contributed by atoms with E-state index in [-0.39, 0.29) is 11.8 Å². The first-order chi connectivity index (χ1) is 15.0. The lowest BCUT2D eigenvalue weighted by atomic mass is 9.99. The van der Waals surface area contributed by atoms with Crippen LogP contribution in [0.1, 0.15) is 47.2 Å². The van der Waals surface area contributed by atoms with Crippen LogP contribution in [0.25, 0.3) is 16.9 Å². The lowest BCUT2D eigenvalue weighted by Crippen LogP contribution is -2.24. The van der Waals surface area contributed by atoms with Crippen molar-refractivity contribution < 1.29 is 4.79 Å². The molecule has 0 saturated heterocycles. The van der Waals surface area contributed by atoms with E-state index in [1.165, 1.54) is 0 Å². The Morgan fingerprint density at radius 1 is 1.00 bits per heavy atom. The molecule has 8 nitrogen and oxygen atoms in total. The van der Waals surface area contributed by atoms with E-state index in [9.17, 15) is 4.79 Å². The molecule has 4 aromatic rings. The number of hydrogen-bond donors (Lipinski definition) is 0. The minimum absolute atomic E-state index is 0.0659. The van der Waals surface area contributed by atoms with Crippen LogP contribution in [0.3, 0.4) is 0 Å². The smallest absolute Gasteiger partial charge is 0.260 e. The molecule has 0 N–H and O–H groups in total. The Kier molecular flexibility index (Phi) is 4.54. The standard InChI is InChI=1S/C23H21N7O/c1-14(2)22-26-27-28-30(22)21-8-4-7-20(25-21)29-13-17-10-9-16(12-19(17)23(29)31)18-6-5-11-24-15(18)3/h4-12,14H,13H2,1-3H3. The van der Waals surface area contributed by atoms with Gasteiger partial charge in [-0.05, 0) is 52.7 Å². The van der Waals surface area contributed by atoms with Crippen LogP contribution in [-0.4, -0.2) is 36.1 Å². The van der Waals surface area contributed by atoms with Crippen LogP contribution in [0, 0.1) is 6.92 Å². The Morgan fingerprint density at radius 3 is 2.65 bits per heavy atom. The predicted molar refractivity (Wildman–Crippen MR) is 116 cm³/mol. The van der Waals surface area contributed by atoms with E-state index in [2.05, 4.69) is 25.5 Å². The Labute approximate surface area is 179 Å². The monoisotopic (exact) mass is 411 g/mol. The molecule has 0 saturated carbocycles. The van der Waals surface area contributed by atoms with Gasteiger partial charge in [-0.25, -0.2) is 4.98 Å². The molecule has 0 unspecified atom stereocenters. The zero-order valence-corrected chi connectivity index (χ0v) is 17.5. The minimum atomic E-state index is -0.0659. The highest BCUT2D eigenvalue weighted by atomic mass is 16.2. The molecular weight excluding hydrogens is 390 g/mol. The topological polar surface area (TPSA) is 89.7 Å². The average Bonchev–Trinajstić information content (AvgIpc) is 3.39. The molecule has 5 rings (SSSR count). The lowest BCUT2D eigenvalue weighted by molar-refractivity contribution is 0.0996. The summed E-state index contributed by atoms with van der Waals surface area (Å²) in [5.41, 5.74) is 4.61. The van der Waals surface area contributed by atoms with Crippen LogP contribution in [-0.2, 0) is 6.54 Å². The number of pyridine rings is 2. The van der Waals surface area contributed by atoms with Gasteiger partial charge in [-0.15, -0.1) is 5.10 Å². The molecule has 3 aromatic heterocycles. The van der Waals surface area contributed by atoms with Crippen molar-refractivity contribution in [2.75, 3.05) is 4.90 Å². The van der Waals surface area contributed by atoms with Gasteiger partial charge in [0.15, 0.2) is 11.6 Å². The van der Waals surface area contributed by atoms with Crippen molar-refractivity contribution in [2.45, 2.75) is 33.2 Å². The fourth-order valence-corrected chi connectivity index (χ4v) is 3.84. The van der Waals surface area contributed by atoms with Crippen LogP contribution in [0.15, 0.2) is 54.7 Å². The number of amides is 1. The summed E-state index contributed by atoms with van der Waals surface area (Å²) in [4.78, 5) is 24.0. The van der Waals surface area contributed by atoms with Crippen molar-refractivity contribution in [1.82, 2.24) is 30.2 Å². The van der Waals surface area contributed by atoms with Gasteiger partial charge in [0.2, 0.25) is 0 Å². The summed E-state index contributed by atoms with van der Waals surface area (Å²) in [5, 5.41) is 11.9. The SMILES string of the molecule is Cc1ncccc1-c1ccc2c(c1)C(=O)N(c1cccc(-n3nnnc3C(C)C)n1)C2. The zero-order chi connectivity index (χ0) is 21.5. The van der Waals surface area contributed by atoms with Crippen LogP contribution >= 0.6 is 0 Å². The van der Waals surface area contributed by atoms with Crippen LogP contribution < -0.4 is 4.90 Å². The van der Waals surface area contributed by atoms with Crippen molar-refractivity contribution in [3.05, 3.63) is 77.4 Å². The number of aryl methyl sites for hydroxylation is 1. The number of rotatable bonds is 4. The van der Waals surface area contributed by atoms with Crippen LogP contribution in [0.4, 0.5) is 5.82 Å². The van der Waals surface area contributed by atoms with Crippen molar-refractivity contribution >= 4 is 11.7 Å². The van der Waals surface area contributed by atoms with E-state index >= 15 is 0 Å². The molecular formula is C23H21N7O. The summed E-state index contributed by atoms with van der Waals surface area (Å²) >= 11 is 0. The highest BCUT2D eigenvalue weighted by molar-refractivity contribution is 6.10. The number of benzene rings is 1. The third-order valence-electron chi connectivity index (χ3n) is 5.46. The molecule has 0 radical (unpaired) electrons. The Bertz CT molecular complexity index is 1290. The number of fused-ring (bicyclic) bond motifs is 1. The van der Waals surface area contributed by atoms with Gasteiger partial charge in [0, 0.05) is 28.9 Å². The Balaban J connectivity index is 1.49. The maximum absolute atomic E-state index is 13.3. The molecule has 0 atom stereocenters. The largest absolute Gasteiger partial charge is 0.288 e. The summed E-state index contributed by atoms with van der Waals surface area (Å²) in [5.74, 6) is 1.96. The second kappa shape index (κ2) is 7.39. The molecule has 1 aliphatic heterocycles. The van der Waals surface area contributed by atoms with Gasteiger partial charge in [0.1, 0.15) is 5.82 Å². The maximum Gasteiger partial charge on any atom is 0.260 e. The number of hydrogen-bond acceptors (Lipinski definition) is 6. The summed E-state index contributed by atoms with van der Waals surface area (Å²) in [6, 6.07) is 15.5. The quantitative estimate of drug-likeness (QED) is 0.509. The van der Waals surface area contributed by atoms with Gasteiger partial charge in [0.05, 0.1) is 6.54 Å². The highest BCUT2D eigenvalue weighted by Gasteiger charge is 2.30. The summed E-state index contributed by atoms with van der Waals surface area (Å²) in [6.45, 7) is 6.49. The first kappa shape index (κ1) is 19.0. The fourth-order valence-electron chi connectivity index (χ4n) is 3.84. The third kappa shape index (κ3) is 3.26. The van der Waals surface area contributed by atoms with Crippen LogP contribution in [0.5, 0.6) is 0 Å². The number of tetrazole rings is 1. The van der Waals surface area contributed by atoms with Gasteiger partial charge in [0.25, 0.3) is 5.91 Å². The molecule has 0 spiro atoms. The first-order valence-corrected chi connectivity index (χ1v) is 10.2. The van der Waals surface area contributed by atoms with Crippen molar-refractivity contribution in [1.29, 1.82) is 0 Å². The number of carbonyl (C=O) groups excluding carboxylic acids is 1. The van der Waals surface area contributed by atoms with E-state index in [0.29, 0.717) is 23.7 Å². The zero-order valence-electron chi connectivity index (χ0n) is 17.5. The van der Waals surface area contributed by atoms with E-state index in [0.717, 1.165) is 28.2 Å². The second-order valence-corrected chi connectivity index (χ2v) is 7.86. The van der Waals surface area contributed by atoms with Gasteiger partial charge in [-0.2, -0.15) is 4.68 Å². The summed E-state index contributed by atoms with van der Waals surface area (Å²) in [7, 11) is 0. The fraction of sp³-hybridized carbons (Fsp3) is 0.217. The highest BCUT2D eigenvalue weighted by Crippen LogP contribution is 2.32. The molecule has 0 bridgehead atoms. The van der Waals surface area contributed by atoms with Crippen LogP contribution in [0.2, 0.25) is 0 Å². The van der Waals surface area contributed by atoms with E-state index in [1.54, 1.807) is 15.8 Å². The summed E-state index contributed by atoms with van der Waals surface area (Å²) < 4.78 is 1.62. The summed E-state index contributed by atoms with van der Waals surface area (Å²) in [6.07, 6.45) is 1.77. The lowest BCUT2D eigenvalue weighted by Gasteiger charge is -2.15.